The van der Waals surface area contributed by atoms with E-state index < -0.39 is 0 Å². The molecule has 44 heavy (non-hydrogen) atoms. The molecule has 4 heteroatoms. The number of rotatable bonds is 6. The lowest BCUT2D eigenvalue weighted by Gasteiger charge is -2.17. The van der Waals surface area contributed by atoms with Gasteiger partial charge >= 0.3 is 0 Å². The van der Waals surface area contributed by atoms with Crippen molar-refractivity contribution in [2.24, 2.45) is 0 Å². The monoisotopic (exact) mass is 573 g/mol. The maximum atomic E-state index is 10.7. The molecule has 0 spiro atoms. The van der Waals surface area contributed by atoms with Gasteiger partial charge in [0.2, 0.25) is 0 Å². The Morgan fingerprint density at radius 2 is 1.30 bits per heavy atom. The molecule has 4 nitrogen and oxygen atoms in total. The smallest absolute Gasteiger partial charge is 0.145 e. The molecule has 2 aromatic heterocycles. The number of nitrogens with zero attached hydrogens (tertiary/aromatic N) is 3. The van der Waals surface area contributed by atoms with Crippen molar-refractivity contribution >= 4 is 21.8 Å². The Labute approximate surface area is 258 Å². The van der Waals surface area contributed by atoms with E-state index in [2.05, 4.69) is 105 Å². The third kappa shape index (κ3) is 4.92. The zero-order chi connectivity index (χ0) is 30.4. The highest BCUT2D eigenvalue weighted by molar-refractivity contribution is 5.98. The predicted octanol–water partition coefficient (Wildman–Crippen LogP) is 10.5. The fourth-order valence-electron chi connectivity index (χ4n) is 5.99. The molecule has 216 valence electrons. The van der Waals surface area contributed by atoms with Gasteiger partial charge in [0.1, 0.15) is 11.6 Å². The minimum atomic E-state index is 0.216. The maximum absolute atomic E-state index is 10.7. The number of hydrogen-bond acceptors (Lipinski definition) is 3. The zero-order valence-corrected chi connectivity index (χ0v) is 25.5. The molecule has 1 N–H and O–H groups in total. The van der Waals surface area contributed by atoms with Crippen LogP contribution in [0.2, 0.25) is 0 Å². The molecule has 0 aliphatic carbocycles. The number of pyridine rings is 1. The van der Waals surface area contributed by atoms with Gasteiger partial charge in [0.05, 0.1) is 22.4 Å². The molecule has 0 amide bonds. The van der Waals surface area contributed by atoms with E-state index in [0.29, 0.717) is 17.4 Å². The van der Waals surface area contributed by atoms with Gasteiger partial charge in [0, 0.05) is 27.8 Å². The van der Waals surface area contributed by atoms with E-state index in [4.69, 9.17) is 9.97 Å². The molecule has 0 aliphatic rings. The summed E-state index contributed by atoms with van der Waals surface area (Å²) in [5, 5.41) is 12.8. The minimum absolute atomic E-state index is 0.216. The second-order valence-electron chi connectivity index (χ2n) is 12.1. The van der Waals surface area contributed by atoms with Crippen molar-refractivity contribution in [2.45, 2.75) is 39.5 Å². The minimum Gasteiger partial charge on any atom is -0.507 e. The summed E-state index contributed by atoms with van der Waals surface area (Å²) in [7, 11) is 0. The number of fused-ring (bicyclic) bond motifs is 2. The van der Waals surface area contributed by atoms with Crippen molar-refractivity contribution in [1.82, 2.24) is 14.5 Å². The van der Waals surface area contributed by atoms with Crippen molar-refractivity contribution < 1.29 is 5.11 Å². The van der Waals surface area contributed by atoms with Crippen LogP contribution in [0, 0.1) is 0 Å². The molecular weight excluding hydrogens is 538 g/mol. The number of para-hydroxylation sites is 3. The van der Waals surface area contributed by atoms with Crippen LogP contribution in [0.4, 0.5) is 0 Å². The number of imidazole rings is 1. The second-order valence-corrected chi connectivity index (χ2v) is 12.1. The van der Waals surface area contributed by atoms with Crippen LogP contribution >= 0.6 is 0 Å². The molecule has 0 atom stereocenters. The molecule has 7 rings (SSSR count). The normalized spacial score (nSPS) is 11.7. The number of aromatic nitrogens is 3. The van der Waals surface area contributed by atoms with Crippen molar-refractivity contribution in [3.8, 4) is 45.3 Å². The Morgan fingerprint density at radius 3 is 2.07 bits per heavy atom. The summed E-state index contributed by atoms with van der Waals surface area (Å²) in [5.41, 5.74) is 10.1. The highest BCUT2D eigenvalue weighted by Crippen LogP contribution is 2.37. The molecule has 0 unspecified atom stereocenters. The number of hydrogen-bond donors (Lipinski definition) is 1. The summed E-state index contributed by atoms with van der Waals surface area (Å²) in [4.78, 5) is 10.3. The van der Waals surface area contributed by atoms with Crippen molar-refractivity contribution in [2.75, 3.05) is 0 Å². The van der Waals surface area contributed by atoms with Crippen LogP contribution in [0.15, 0.2) is 121 Å². The summed E-state index contributed by atoms with van der Waals surface area (Å²) >= 11 is 0. The van der Waals surface area contributed by atoms with E-state index in [1.807, 2.05) is 42.5 Å². The number of phenols is 1. The van der Waals surface area contributed by atoms with Gasteiger partial charge in [0.25, 0.3) is 0 Å². The summed E-state index contributed by atoms with van der Waals surface area (Å²) in [6.07, 6.45) is 0. The Balaban J connectivity index is 1.45. The Bertz CT molecular complexity index is 2130. The molecule has 0 radical (unpaired) electrons. The molecule has 2 heterocycles. The van der Waals surface area contributed by atoms with Crippen molar-refractivity contribution in [3.05, 3.63) is 132 Å². The van der Waals surface area contributed by atoms with Gasteiger partial charge in [-0.3, -0.25) is 4.57 Å². The Hall–Kier alpha value is -5.22. The highest BCUT2D eigenvalue weighted by Gasteiger charge is 2.18. The Kier molecular flexibility index (Phi) is 6.98. The number of aromatic hydroxyl groups is 1. The van der Waals surface area contributed by atoms with Gasteiger partial charge in [-0.25, -0.2) is 9.97 Å². The van der Waals surface area contributed by atoms with Gasteiger partial charge < -0.3 is 5.11 Å². The number of phenolic OH excluding ortho intramolecular Hbond substituents is 1. The van der Waals surface area contributed by atoms with Gasteiger partial charge in [0.15, 0.2) is 0 Å². The third-order valence-corrected chi connectivity index (χ3v) is 8.43. The van der Waals surface area contributed by atoms with Crippen LogP contribution in [-0.4, -0.2) is 19.6 Å². The second kappa shape index (κ2) is 11.1. The molecule has 0 fully saturated rings. The van der Waals surface area contributed by atoms with Crippen LogP contribution in [0.5, 0.6) is 5.75 Å². The fraction of sp³-hybridized carbons (Fsp3) is 0.150. The summed E-state index contributed by atoms with van der Waals surface area (Å²) in [5.74, 6) is 1.92. The van der Waals surface area contributed by atoms with Crippen LogP contribution in [0.25, 0.3) is 61.4 Å². The van der Waals surface area contributed by atoms with Gasteiger partial charge in [-0.2, -0.15) is 0 Å². The molecular formula is C40H35N3O. The summed E-state index contributed by atoms with van der Waals surface area (Å²) in [6, 6.07) is 41.5. The van der Waals surface area contributed by atoms with Gasteiger partial charge in [-0.1, -0.05) is 100 Å². The van der Waals surface area contributed by atoms with E-state index in [1.54, 1.807) is 6.07 Å². The first-order valence-corrected chi connectivity index (χ1v) is 15.3. The quantitative estimate of drug-likeness (QED) is 0.215. The summed E-state index contributed by atoms with van der Waals surface area (Å²) in [6.45, 7) is 9.00. The topological polar surface area (TPSA) is 50.9 Å². The first kappa shape index (κ1) is 27.6. The van der Waals surface area contributed by atoms with Gasteiger partial charge in [-0.05, 0) is 76.9 Å². The first-order chi connectivity index (χ1) is 21.4. The predicted molar refractivity (Wildman–Crippen MR) is 183 cm³/mol. The maximum Gasteiger partial charge on any atom is 0.145 e. The highest BCUT2D eigenvalue weighted by atomic mass is 16.3. The van der Waals surface area contributed by atoms with Crippen molar-refractivity contribution in [3.63, 3.8) is 0 Å². The average Bonchev–Trinajstić information content (AvgIpc) is 3.44. The lowest BCUT2D eigenvalue weighted by Crippen LogP contribution is -2.02. The number of benzene rings is 5. The van der Waals surface area contributed by atoms with Gasteiger partial charge in [-0.15, -0.1) is 0 Å². The van der Waals surface area contributed by atoms with E-state index >= 15 is 0 Å². The molecule has 0 aliphatic heterocycles. The van der Waals surface area contributed by atoms with E-state index in [9.17, 15) is 5.11 Å². The Morgan fingerprint density at radius 1 is 0.614 bits per heavy atom. The van der Waals surface area contributed by atoms with E-state index in [-0.39, 0.29) is 5.75 Å². The lowest BCUT2D eigenvalue weighted by molar-refractivity contribution is 0.477. The zero-order valence-electron chi connectivity index (χ0n) is 25.5. The molecule has 7 aromatic rings. The third-order valence-electron chi connectivity index (χ3n) is 8.43. The average molecular weight is 574 g/mol. The molecule has 0 bridgehead atoms. The van der Waals surface area contributed by atoms with Crippen LogP contribution < -0.4 is 0 Å². The van der Waals surface area contributed by atoms with Crippen LogP contribution in [-0.2, 0) is 0 Å². The SMILES string of the molecule is CC(C)c1cc(C(C)C)cc(-n2c(-c3cccc(-c4nc(-c5ccccc5O)cc5ccccc45)c3)nc3ccccc32)c1. The first-order valence-electron chi connectivity index (χ1n) is 15.3. The largest absolute Gasteiger partial charge is 0.507 e. The summed E-state index contributed by atoms with van der Waals surface area (Å²) < 4.78 is 2.30. The molecule has 0 saturated carbocycles. The van der Waals surface area contributed by atoms with Crippen LogP contribution in [0.1, 0.15) is 50.7 Å². The van der Waals surface area contributed by atoms with Crippen LogP contribution in [0.3, 0.4) is 0 Å². The lowest BCUT2D eigenvalue weighted by atomic mass is 9.94. The van der Waals surface area contributed by atoms with Crippen molar-refractivity contribution in [1.29, 1.82) is 0 Å². The standard InChI is InChI=1S/C40H35N3O/c1-25(2)30-21-31(26(3)4)23-32(22-30)43-37-18-9-8-17-35(37)42-40(43)29-14-11-13-28(20-29)39-33-15-6-5-12-27(33)24-36(41-39)34-16-7-10-19-38(34)44/h5-26,44H,1-4H3. The van der Waals surface area contributed by atoms with E-state index in [0.717, 1.165) is 55.8 Å². The fourth-order valence-corrected chi connectivity index (χ4v) is 5.99. The molecule has 5 aromatic carbocycles. The molecule has 0 saturated heterocycles. The van der Waals surface area contributed by atoms with E-state index in [1.165, 1.54) is 11.1 Å².